The molecule has 0 N–H and O–H groups in total. The Morgan fingerprint density at radius 3 is 2.50 bits per heavy atom. The van der Waals surface area contributed by atoms with E-state index in [4.69, 9.17) is 0 Å². The molecule has 0 aromatic carbocycles. The molecule has 1 aliphatic heterocycles. The van der Waals surface area contributed by atoms with Crippen LogP contribution >= 0.6 is 0 Å². The van der Waals surface area contributed by atoms with Crippen molar-refractivity contribution in [3.63, 3.8) is 0 Å². The monoisotopic (exact) mass is 169 g/mol. The van der Waals surface area contributed by atoms with Gasteiger partial charge in [0.05, 0.1) is 0 Å². The highest BCUT2D eigenvalue weighted by molar-refractivity contribution is 4.79. The summed E-state index contributed by atoms with van der Waals surface area (Å²) in [6.45, 7) is 8.40. The average Bonchev–Trinajstić information content (AvgIpc) is 2.15. The summed E-state index contributed by atoms with van der Waals surface area (Å²) in [5.41, 5.74) is 0. The molecule has 2 atom stereocenters. The second-order valence-electron chi connectivity index (χ2n) is 4.62. The largest absolute Gasteiger partial charge is 0.303 e. The van der Waals surface area contributed by atoms with Gasteiger partial charge < -0.3 is 4.90 Å². The van der Waals surface area contributed by atoms with Crippen molar-refractivity contribution >= 4 is 0 Å². The van der Waals surface area contributed by atoms with E-state index >= 15 is 0 Å². The molecule has 0 aromatic rings. The summed E-state index contributed by atoms with van der Waals surface area (Å²) in [4.78, 5) is 2.53. The number of likely N-dealkylation sites (tertiary alicyclic amines) is 1. The van der Waals surface area contributed by atoms with Crippen molar-refractivity contribution in [1.82, 2.24) is 4.90 Å². The topological polar surface area (TPSA) is 3.24 Å². The first-order valence-electron chi connectivity index (χ1n) is 5.33. The standard InChI is InChI=1S/C11H23N/c1-9(2)11-7-5-6-8-12(4)10(11)3/h9-11H,5-8H2,1-4H3/t10-,11+/m0/s1. The van der Waals surface area contributed by atoms with Crippen LogP contribution in [0.4, 0.5) is 0 Å². The first-order chi connectivity index (χ1) is 5.63. The Balaban J connectivity index is 2.58. The fourth-order valence-electron chi connectivity index (χ4n) is 2.40. The van der Waals surface area contributed by atoms with Crippen LogP contribution in [-0.4, -0.2) is 24.5 Å². The molecule has 0 bridgehead atoms. The highest BCUT2D eigenvalue weighted by Crippen LogP contribution is 2.27. The average molecular weight is 169 g/mol. The minimum absolute atomic E-state index is 0.785. The summed E-state index contributed by atoms with van der Waals surface area (Å²) in [5.74, 6) is 1.76. The molecule has 1 fully saturated rings. The normalized spacial score (nSPS) is 33.8. The van der Waals surface area contributed by atoms with Crippen LogP contribution in [0.25, 0.3) is 0 Å². The van der Waals surface area contributed by atoms with Crippen molar-refractivity contribution in [3.05, 3.63) is 0 Å². The predicted molar refractivity (Wildman–Crippen MR) is 54.3 cm³/mol. The van der Waals surface area contributed by atoms with Gasteiger partial charge in [-0.15, -0.1) is 0 Å². The smallest absolute Gasteiger partial charge is 0.00945 e. The van der Waals surface area contributed by atoms with Gasteiger partial charge in [-0.2, -0.15) is 0 Å². The van der Waals surface area contributed by atoms with Crippen LogP contribution in [0, 0.1) is 11.8 Å². The van der Waals surface area contributed by atoms with E-state index in [9.17, 15) is 0 Å². The fourth-order valence-corrected chi connectivity index (χ4v) is 2.40. The van der Waals surface area contributed by atoms with Gasteiger partial charge in [-0.05, 0) is 45.2 Å². The minimum atomic E-state index is 0.785. The molecule has 0 amide bonds. The molecule has 1 heterocycles. The van der Waals surface area contributed by atoms with E-state index in [0.29, 0.717) is 0 Å². The van der Waals surface area contributed by atoms with Crippen LogP contribution in [0.1, 0.15) is 40.0 Å². The third kappa shape index (κ3) is 2.22. The molecule has 0 radical (unpaired) electrons. The van der Waals surface area contributed by atoms with Gasteiger partial charge in [0.15, 0.2) is 0 Å². The highest BCUT2D eigenvalue weighted by Gasteiger charge is 2.25. The van der Waals surface area contributed by atoms with E-state index < -0.39 is 0 Å². The lowest BCUT2D eigenvalue weighted by Crippen LogP contribution is -2.36. The molecule has 0 spiro atoms. The third-order valence-electron chi connectivity index (χ3n) is 3.47. The lowest BCUT2D eigenvalue weighted by Gasteiger charge is -2.31. The molecule has 0 saturated carbocycles. The zero-order valence-electron chi connectivity index (χ0n) is 9.01. The number of hydrogen-bond donors (Lipinski definition) is 0. The Morgan fingerprint density at radius 1 is 1.25 bits per heavy atom. The number of nitrogens with zero attached hydrogens (tertiary/aromatic N) is 1. The Hall–Kier alpha value is -0.0400. The van der Waals surface area contributed by atoms with Crippen molar-refractivity contribution in [2.75, 3.05) is 13.6 Å². The van der Waals surface area contributed by atoms with E-state index in [1.54, 1.807) is 0 Å². The summed E-state index contributed by atoms with van der Waals surface area (Å²) >= 11 is 0. The number of rotatable bonds is 1. The molecule has 1 nitrogen and oxygen atoms in total. The second-order valence-corrected chi connectivity index (χ2v) is 4.62. The molecule has 1 saturated heterocycles. The van der Waals surface area contributed by atoms with Crippen molar-refractivity contribution < 1.29 is 0 Å². The fraction of sp³-hybridized carbons (Fsp3) is 1.00. The molecule has 72 valence electrons. The van der Waals surface area contributed by atoms with Crippen molar-refractivity contribution in [3.8, 4) is 0 Å². The summed E-state index contributed by atoms with van der Waals surface area (Å²) in [7, 11) is 2.27. The van der Waals surface area contributed by atoms with Crippen molar-refractivity contribution in [2.45, 2.75) is 46.1 Å². The van der Waals surface area contributed by atoms with Gasteiger partial charge in [0.1, 0.15) is 0 Å². The molecule has 1 heteroatoms. The van der Waals surface area contributed by atoms with E-state index in [2.05, 4.69) is 32.7 Å². The lowest BCUT2D eigenvalue weighted by atomic mass is 9.86. The third-order valence-corrected chi connectivity index (χ3v) is 3.47. The van der Waals surface area contributed by atoms with Crippen molar-refractivity contribution in [2.24, 2.45) is 11.8 Å². The first kappa shape index (κ1) is 10.0. The molecule has 1 rings (SSSR count). The Morgan fingerprint density at radius 2 is 1.92 bits per heavy atom. The Labute approximate surface area is 77.1 Å². The van der Waals surface area contributed by atoms with E-state index in [0.717, 1.165) is 17.9 Å². The molecule has 1 aliphatic rings. The van der Waals surface area contributed by atoms with Gasteiger partial charge >= 0.3 is 0 Å². The zero-order valence-corrected chi connectivity index (χ0v) is 9.01. The Kier molecular flexibility index (Phi) is 3.57. The van der Waals surface area contributed by atoms with Crippen LogP contribution in [0.2, 0.25) is 0 Å². The quantitative estimate of drug-likeness (QED) is 0.583. The minimum Gasteiger partial charge on any atom is -0.303 e. The second kappa shape index (κ2) is 4.27. The maximum absolute atomic E-state index is 2.53. The highest BCUT2D eigenvalue weighted by atomic mass is 15.1. The molecule has 0 aliphatic carbocycles. The number of hydrogen-bond acceptors (Lipinski definition) is 1. The molecular weight excluding hydrogens is 146 g/mol. The van der Waals surface area contributed by atoms with Crippen LogP contribution in [0.15, 0.2) is 0 Å². The maximum Gasteiger partial charge on any atom is 0.00945 e. The summed E-state index contributed by atoms with van der Waals surface area (Å²) in [5, 5.41) is 0. The van der Waals surface area contributed by atoms with Gasteiger partial charge in [-0.3, -0.25) is 0 Å². The SMILES string of the molecule is CC(C)[C@H]1CCCCN(C)[C@H]1C. The predicted octanol–water partition coefficient (Wildman–Crippen LogP) is 2.76. The van der Waals surface area contributed by atoms with E-state index in [1.165, 1.54) is 25.8 Å². The maximum atomic E-state index is 2.53. The van der Waals surface area contributed by atoms with Crippen LogP contribution < -0.4 is 0 Å². The van der Waals surface area contributed by atoms with Gasteiger partial charge in [-0.25, -0.2) is 0 Å². The lowest BCUT2D eigenvalue weighted by molar-refractivity contribution is 0.172. The van der Waals surface area contributed by atoms with Crippen LogP contribution in [0.3, 0.4) is 0 Å². The Bertz CT molecular complexity index is 131. The molecular formula is C11H23N. The van der Waals surface area contributed by atoms with Gasteiger partial charge in [0, 0.05) is 6.04 Å². The van der Waals surface area contributed by atoms with Crippen LogP contribution in [-0.2, 0) is 0 Å². The van der Waals surface area contributed by atoms with E-state index in [1.807, 2.05) is 0 Å². The molecule has 0 aromatic heterocycles. The summed E-state index contributed by atoms with van der Waals surface area (Å²) in [6, 6.07) is 0.785. The van der Waals surface area contributed by atoms with Gasteiger partial charge in [-0.1, -0.05) is 20.3 Å². The first-order valence-corrected chi connectivity index (χ1v) is 5.33. The molecule has 0 unspecified atom stereocenters. The van der Waals surface area contributed by atoms with Gasteiger partial charge in [0.25, 0.3) is 0 Å². The summed E-state index contributed by atoms with van der Waals surface area (Å²) in [6.07, 6.45) is 4.25. The van der Waals surface area contributed by atoms with Crippen LogP contribution in [0.5, 0.6) is 0 Å². The molecule has 12 heavy (non-hydrogen) atoms. The van der Waals surface area contributed by atoms with E-state index in [-0.39, 0.29) is 0 Å². The zero-order chi connectivity index (χ0) is 9.14. The van der Waals surface area contributed by atoms with Gasteiger partial charge in [0.2, 0.25) is 0 Å². The summed E-state index contributed by atoms with van der Waals surface area (Å²) < 4.78 is 0. The van der Waals surface area contributed by atoms with Crippen molar-refractivity contribution in [1.29, 1.82) is 0 Å².